The van der Waals surface area contributed by atoms with Crippen LogP contribution in [0, 0.1) is 324 Å². The number of benzene rings is 12. The van der Waals surface area contributed by atoms with Gasteiger partial charge in [0.25, 0.3) is 0 Å². The van der Waals surface area contributed by atoms with E-state index in [0.717, 1.165) is 213 Å². The maximum Gasteiger partial charge on any atom is 3.00 e. The molecule has 18 heteroatoms. The minimum atomic E-state index is -0.218. The molecule has 16 nitrogen and oxygen atoms in total. The van der Waals surface area contributed by atoms with E-state index in [1.165, 1.54) is 46.3 Å². The Morgan fingerprint density at radius 2 is 0.213 bits per heavy atom. The third-order valence-corrected chi connectivity index (χ3v) is 25.1. The van der Waals surface area contributed by atoms with E-state index >= 15 is 0 Å². The SMILES string of the molecule is CN(C)C=O.CN(C)C=O.Cc1cc(C)c(C(=O)/C=C(\[O-])c2c(C)cc(C)cc2C)c(C)c1.Cc1cc(C)c(C(=O)/C=C(\[O-])c2c(C)cc(C)cc2C)c(C)c1.Cc1cc(C)c(C(=O)/C=C(\[O-])c2c(C)cc(C)cc2C)c(C)c1.Cc1cc(C)c(C(=O)/C=C(\[O-])c2c(C)cc(C)cc2C)c(C)c1.Cc1cc(C)c(C(=O)/C=C(\[O-])c2c(C)cc(C)cc2C)c(C)c1.Cc1cc(C)c(C(=O)/C=C(\[O-])c2c(C)cc(C)cc2C)c(C)c1.[Er+3].[Er+3]. The van der Waals surface area contributed by atoms with Crippen molar-refractivity contribution in [2.45, 2.75) is 249 Å². The molecule has 0 aliphatic carbocycles. The zero-order chi connectivity index (χ0) is 112. The van der Waals surface area contributed by atoms with Crippen molar-refractivity contribution in [1.29, 1.82) is 0 Å². The van der Waals surface area contributed by atoms with Crippen molar-refractivity contribution in [2.24, 2.45) is 0 Å². The maximum atomic E-state index is 12.6. The summed E-state index contributed by atoms with van der Waals surface area (Å²) in [5.41, 5.74) is 42.9. The van der Waals surface area contributed by atoms with Crippen LogP contribution in [0.3, 0.4) is 0 Å². The topological polar surface area (TPSA) is 281 Å². The first kappa shape index (κ1) is 131. The van der Waals surface area contributed by atoms with E-state index in [2.05, 4.69) is 0 Å². The standard InChI is InChI=1S/6C21H24O2.2C3H7NO.2Er/c6*1-12-7-14(3)20(15(4)8-12)18(22)11-19(23)21-16(5)9-13(2)10-17(21)6;2*1-4(2)3-5;;/h6*7-11,22H,1-6H3;2*3H,1-2H3;;/q;;;;;;;;2*+3/p-6/b6*18-11-;;;;. The second-order valence-electron chi connectivity index (χ2n) is 40.7. The fourth-order valence-electron chi connectivity index (χ4n) is 20.4. The third kappa shape index (κ3) is 37.5. The van der Waals surface area contributed by atoms with Crippen LogP contribution >= 0.6 is 0 Å². The summed E-state index contributed by atoms with van der Waals surface area (Å²) in [5, 5.41) is 75.6. The molecule has 0 fully saturated rings. The predicted octanol–water partition coefficient (Wildman–Crippen LogP) is 24.1. The van der Waals surface area contributed by atoms with E-state index in [4.69, 9.17) is 0 Å². The summed E-state index contributed by atoms with van der Waals surface area (Å²) in [7, 11) is 6.75. The van der Waals surface area contributed by atoms with E-state index < -0.39 is 0 Å². The van der Waals surface area contributed by atoms with Crippen molar-refractivity contribution in [1.82, 2.24) is 9.80 Å². The molecule has 12 aromatic carbocycles. The number of rotatable bonds is 20. The first-order valence-corrected chi connectivity index (χ1v) is 49.5. The summed E-state index contributed by atoms with van der Waals surface area (Å²) in [5.74, 6) is -2.62. The van der Waals surface area contributed by atoms with Crippen LogP contribution in [0.25, 0.3) is 34.6 Å². The van der Waals surface area contributed by atoms with Gasteiger partial charge in [-0.15, -0.1) is 0 Å². The Labute approximate surface area is 953 Å². The first-order chi connectivity index (χ1) is 68.7. The molecule has 0 heterocycles. The Hall–Kier alpha value is -12.7. The summed E-state index contributed by atoms with van der Waals surface area (Å²) in [6, 6.07) is 47.4. The van der Waals surface area contributed by atoms with Gasteiger partial charge >= 0.3 is 74.6 Å². The zero-order valence-electron chi connectivity index (χ0n) is 95.7. The normalized spacial score (nSPS) is 11.2. The molecule has 2 amide bonds. The molecule has 0 aliphatic rings. The van der Waals surface area contributed by atoms with Crippen LogP contribution in [0.5, 0.6) is 0 Å². The van der Waals surface area contributed by atoms with Crippen molar-refractivity contribution in [3.05, 3.63) is 449 Å². The van der Waals surface area contributed by atoms with Crippen molar-refractivity contribution < 1.29 is 144 Å². The van der Waals surface area contributed by atoms with Gasteiger partial charge < -0.3 is 40.4 Å². The zero-order valence-corrected chi connectivity index (χ0v) is 99.4. The Morgan fingerprint density at radius 3 is 0.273 bits per heavy atom. The van der Waals surface area contributed by atoms with Crippen molar-refractivity contribution in [3.63, 3.8) is 0 Å². The van der Waals surface area contributed by atoms with Crippen LogP contribution in [0.2, 0.25) is 0 Å². The molecule has 0 saturated carbocycles. The molecule has 2 radical (unpaired) electrons. The average molecular weight is 2330 g/mol. The molecule has 0 N–H and O–H groups in total. The van der Waals surface area contributed by atoms with Crippen molar-refractivity contribution in [3.8, 4) is 0 Å². The van der Waals surface area contributed by atoms with Crippen molar-refractivity contribution in [2.75, 3.05) is 28.2 Å². The molecular weight excluding hydrogens is 2170 g/mol. The number of allylic oxidation sites excluding steroid dienone is 6. The Balaban J connectivity index is 0.000000452. The molecular formula is C132H152Er2N2O14. The third-order valence-electron chi connectivity index (χ3n) is 25.1. The molecule has 0 atom stereocenters. The fraction of sp³-hybridized carbons (Fsp3) is 0.303. The summed E-state index contributed by atoms with van der Waals surface area (Å²) in [4.78, 5) is 97.3. The van der Waals surface area contributed by atoms with Crippen LogP contribution in [-0.2, 0) is 9.59 Å². The van der Waals surface area contributed by atoms with Gasteiger partial charge in [0.15, 0.2) is 34.7 Å². The van der Waals surface area contributed by atoms with Gasteiger partial charge in [-0.05, 0) is 453 Å². The van der Waals surface area contributed by atoms with Crippen LogP contribution in [0.15, 0.2) is 182 Å². The quantitative estimate of drug-likeness (QED) is 0.0297. The van der Waals surface area contributed by atoms with E-state index in [9.17, 15) is 69.0 Å². The van der Waals surface area contributed by atoms with Gasteiger partial charge in [0, 0.05) is 61.6 Å². The number of aryl methyl sites for hydroxylation is 36. The number of carbonyl (C=O) groups excluding carboxylic acids is 8. The Bertz CT molecular complexity index is 5930. The van der Waals surface area contributed by atoms with Gasteiger partial charge in [-0.2, -0.15) is 0 Å². The average Bonchev–Trinajstić information content (AvgIpc) is 0.818. The molecule has 0 spiro atoms. The summed E-state index contributed by atoms with van der Waals surface area (Å²) < 4.78 is 0. The first-order valence-electron chi connectivity index (χ1n) is 49.5. The van der Waals surface area contributed by atoms with E-state index in [1.54, 1.807) is 28.2 Å². The van der Waals surface area contributed by atoms with E-state index in [0.29, 0.717) is 66.8 Å². The molecule has 0 aliphatic heterocycles. The number of amides is 2. The minimum Gasteiger partial charge on any atom is -0.872 e. The van der Waals surface area contributed by atoms with Crippen LogP contribution in [0.4, 0.5) is 0 Å². The number of nitrogens with zero attached hydrogens (tertiary/aromatic N) is 2. The minimum absolute atomic E-state index is 0. The second kappa shape index (κ2) is 59.2. The predicted molar refractivity (Wildman–Crippen MR) is 601 cm³/mol. The summed E-state index contributed by atoms with van der Waals surface area (Å²) in [6.07, 6.45) is 8.89. The molecule has 12 rings (SSSR count). The number of hydrogen-bond acceptors (Lipinski definition) is 14. The molecule has 12 aromatic rings. The number of hydrogen-bond donors (Lipinski definition) is 0. The van der Waals surface area contributed by atoms with Gasteiger partial charge in [0.2, 0.25) is 12.8 Å². The second-order valence-corrected chi connectivity index (χ2v) is 40.7. The van der Waals surface area contributed by atoms with Gasteiger partial charge in [-0.3, -0.25) is 38.4 Å². The Kier molecular flexibility index (Phi) is 51.9. The van der Waals surface area contributed by atoms with Gasteiger partial charge in [-0.1, -0.05) is 247 Å². The van der Waals surface area contributed by atoms with Crippen LogP contribution in [0.1, 0.15) is 296 Å². The van der Waals surface area contributed by atoms with E-state index in [-0.39, 0.29) is 144 Å². The molecule has 0 bridgehead atoms. The molecule has 798 valence electrons. The molecule has 0 saturated heterocycles. The maximum absolute atomic E-state index is 12.6. The number of carbonyl (C=O) groups is 8. The fourth-order valence-corrected chi connectivity index (χ4v) is 20.4. The van der Waals surface area contributed by atoms with E-state index in [1.807, 2.05) is 395 Å². The van der Waals surface area contributed by atoms with Gasteiger partial charge in [0.1, 0.15) is 0 Å². The summed E-state index contributed by atoms with van der Waals surface area (Å²) >= 11 is 0. The van der Waals surface area contributed by atoms with Gasteiger partial charge in [-0.25, -0.2) is 0 Å². The van der Waals surface area contributed by atoms with Crippen LogP contribution < -0.4 is 30.6 Å². The summed E-state index contributed by atoms with van der Waals surface area (Å²) in [6.45, 7) is 69.9. The Morgan fingerprint density at radius 1 is 0.153 bits per heavy atom. The monoisotopic (exact) mass is 2320 g/mol. The number of ketones is 6. The van der Waals surface area contributed by atoms with Gasteiger partial charge in [0.05, 0.1) is 0 Å². The largest absolute Gasteiger partial charge is 3.00 e. The van der Waals surface area contributed by atoms with Crippen LogP contribution in [-0.4, -0.2) is 85.5 Å². The van der Waals surface area contributed by atoms with Crippen molar-refractivity contribution >= 4 is 82.1 Å². The molecule has 0 aromatic heterocycles. The molecule has 150 heavy (non-hydrogen) atoms. The molecule has 0 unspecified atom stereocenters. The smallest absolute Gasteiger partial charge is 0.872 e.